The number of nitrogens with zero attached hydrogens (tertiary/aromatic N) is 2. The molecule has 314 valence electrons. The number of anilines is 1. The number of carbonyl (C=O) groups excluding carboxylic acids is 1. The molecular weight excluding hydrogens is 761 g/mol. The van der Waals surface area contributed by atoms with Gasteiger partial charge in [-0.3, -0.25) is 4.79 Å². The van der Waals surface area contributed by atoms with Crippen LogP contribution in [0.15, 0.2) is 66.7 Å². The highest BCUT2D eigenvalue weighted by Crippen LogP contribution is 2.62. The van der Waals surface area contributed by atoms with Gasteiger partial charge in [0.25, 0.3) is 0 Å². The molecular formula is C44H58N3O10P. The van der Waals surface area contributed by atoms with Gasteiger partial charge >= 0.3 is 7.82 Å². The summed E-state index contributed by atoms with van der Waals surface area (Å²) in [4.78, 5) is 37.2. The summed E-state index contributed by atoms with van der Waals surface area (Å²) in [5.41, 5.74) is 6.96. The molecule has 7 aliphatic rings. The van der Waals surface area contributed by atoms with Crippen molar-refractivity contribution in [3.63, 3.8) is 0 Å². The largest absolute Gasteiger partial charge is 0.508 e. The number of ether oxygens (including phenoxy) is 3. The number of phenolic OH excluding ortho intramolecular Hbond substituents is 1. The molecule has 1 amide bonds. The fourth-order valence-electron chi connectivity index (χ4n) is 11.4. The Balaban J connectivity index is 0.000000131. The van der Waals surface area contributed by atoms with Crippen molar-refractivity contribution in [1.29, 1.82) is 0 Å². The second-order valence-electron chi connectivity index (χ2n) is 16.9. The average molecular weight is 820 g/mol. The third-order valence-electron chi connectivity index (χ3n) is 13.9. The van der Waals surface area contributed by atoms with Crippen LogP contribution in [-0.2, 0) is 33.0 Å². The summed E-state index contributed by atoms with van der Waals surface area (Å²) in [6.45, 7) is 3.75. The lowest BCUT2D eigenvalue weighted by atomic mass is 9.52. The number of rotatable bonds is 3. The van der Waals surface area contributed by atoms with E-state index >= 15 is 0 Å². The number of likely N-dealkylation sites (N-methyl/N-ethyl adjacent to an activating group) is 2. The van der Waals surface area contributed by atoms with Crippen LogP contribution in [0.4, 0.5) is 5.69 Å². The number of aliphatic hydroxyl groups excluding tert-OH is 1. The van der Waals surface area contributed by atoms with E-state index in [0.717, 1.165) is 48.6 Å². The van der Waals surface area contributed by atoms with Crippen LogP contribution in [0.1, 0.15) is 67.7 Å². The summed E-state index contributed by atoms with van der Waals surface area (Å²) in [5.74, 6) is 4.08. The van der Waals surface area contributed by atoms with Gasteiger partial charge in [-0.25, -0.2) is 4.57 Å². The molecule has 3 aliphatic heterocycles. The number of likely N-dealkylation sites (tertiary alicyclic amines) is 2. The number of hydrogen-bond donors (Lipinski definition) is 6. The van der Waals surface area contributed by atoms with Gasteiger partial charge in [-0.2, -0.15) is 0 Å². The first-order chi connectivity index (χ1) is 27.6. The number of benzene rings is 3. The van der Waals surface area contributed by atoms with Gasteiger partial charge in [0.15, 0.2) is 11.5 Å². The molecule has 0 aromatic heterocycles. The maximum absolute atomic E-state index is 10.6. The van der Waals surface area contributed by atoms with E-state index in [1.165, 1.54) is 75.3 Å². The second kappa shape index (κ2) is 16.6. The van der Waals surface area contributed by atoms with E-state index in [1.807, 2.05) is 12.1 Å². The summed E-state index contributed by atoms with van der Waals surface area (Å²) in [6, 6.07) is 18.6. The molecule has 8 atom stereocenters. The van der Waals surface area contributed by atoms with Crippen molar-refractivity contribution in [2.75, 3.05) is 46.7 Å². The van der Waals surface area contributed by atoms with E-state index < -0.39 is 13.9 Å². The molecule has 4 bridgehead atoms. The molecule has 10 rings (SSSR count). The van der Waals surface area contributed by atoms with Crippen molar-refractivity contribution in [3.8, 4) is 23.0 Å². The van der Waals surface area contributed by atoms with Gasteiger partial charge < -0.3 is 54.2 Å². The molecule has 0 radical (unpaired) electrons. The van der Waals surface area contributed by atoms with Gasteiger partial charge in [0.05, 0.1) is 14.2 Å². The number of methoxy groups -OCH3 is 2. The van der Waals surface area contributed by atoms with Crippen LogP contribution in [0.5, 0.6) is 23.0 Å². The van der Waals surface area contributed by atoms with E-state index in [-0.39, 0.29) is 23.2 Å². The zero-order valence-electron chi connectivity index (χ0n) is 34.0. The highest BCUT2D eigenvalue weighted by Gasteiger charge is 2.64. The van der Waals surface area contributed by atoms with Crippen LogP contribution in [0.25, 0.3) is 0 Å². The topological polar surface area (TPSA) is 181 Å². The number of aromatic hydroxyl groups is 1. The molecule has 58 heavy (non-hydrogen) atoms. The molecule has 2 saturated heterocycles. The smallest absolute Gasteiger partial charge is 0.466 e. The van der Waals surface area contributed by atoms with Crippen molar-refractivity contribution in [3.05, 3.63) is 89.0 Å². The monoisotopic (exact) mass is 819 g/mol. The third kappa shape index (κ3) is 7.90. The molecule has 6 N–H and O–H groups in total. The molecule has 3 aromatic carbocycles. The van der Waals surface area contributed by atoms with Crippen molar-refractivity contribution in [1.82, 2.24) is 9.80 Å². The summed E-state index contributed by atoms with van der Waals surface area (Å²) in [7, 11) is 3.39. The summed E-state index contributed by atoms with van der Waals surface area (Å²) in [5, 5.41) is 22.0. The summed E-state index contributed by atoms with van der Waals surface area (Å²) in [6.07, 6.45) is 13.8. The standard InChI is InChI=1S/C18H21NO3.C18H25NO.C8H9NO2.H3O4P/c1-19-8-7-18-11-4-5-13(20)17(18)22-16-14(21-2)6-3-10(15(16)18)9-12(11)19;1-19-10-9-18-8-4-3-5-15(18)17(19)11-13-6-7-14(20-2)12-16(13)18;1-6(10)9-7-2-4-8(11)5-3-7;1-5(2,3)4/h3-6,11-13,17,20H,7-9H2,1-2H3;6-7,12,15,17H,3-5,8-11H2,1-2H3;2-5,11H,1H3,(H,9,10);(H3,1,2,3,4)/t11-,12+,13-,17-,18-;15-,17+,18+;;/m01../s1. The molecule has 13 nitrogen and oxygen atoms in total. The van der Waals surface area contributed by atoms with Gasteiger partial charge in [0.1, 0.15) is 23.7 Å². The molecule has 3 aromatic rings. The van der Waals surface area contributed by atoms with Gasteiger partial charge in [-0.15, -0.1) is 0 Å². The first-order valence-electron chi connectivity index (χ1n) is 20.3. The van der Waals surface area contributed by atoms with E-state index in [4.69, 9.17) is 38.6 Å². The Morgan fingerprint density at radius 2 is 1.55 bits per heavy atom. The number of fused-ring (bicyclic) bond motifs is 1. The Morgan fingerprint density at radius 3 is 2.24 bits per heavy atom. The van der Waals surface area contributed by atoms with Gasteiger partial charge in [0, 0.05) is 47.0 Å². The number of aliphatic hydroxyl groups is 1. The van der Waals surface area contributed by atoms with E-state index in [1.54, 1.807) is 37.5 Å². The van der Waals surface area contributed by atoms with Crippen molar-refractivity contribution in [2.45, 2.75) is 93.4 Å². The van der Waals surface area contributed by atoms with Crippen LogP contribution in [0, 0.1) is 11.8 Å². The first-order valence-corrected chi connectivity index (χ1v) is 21.8. The van der Waals surface area contributed by atoms with Gasteiger partial charge in [0.2, 0.25) is 5.91 Å². The van der Waals surface area contributed by atoms with E-state index in [0.29, 0.717) is 23.1 Å². The molecule has 1 spiro atoms. The molecule has 14 heteroatoms. The summed E-state index contributed by atoms with van der Waals surface area (Å²) < 4.78 is 26.2. The lowest BCUT2D eigenvalue weighted by Crippen LogP contribution is -2.64. The Labute approximate surface area is 340 Å². The molecule has 0 unspecified atom stereocenters. The Kier molecular flexibility index (Phi) is 12.1. The quantitative estimate of drug-likeness (QED) is 0.114. The predicted octanol–water partition coefficient (Wildman–Crippen LogP) is 5.31. The van der Waals surface area contributed by atoms with Gasteiger partial charge in [-0.1, -0.05) is 37.1 Å². The Bertz CT molecular complexity index is 2050. The van der Waals surface area contributed by atoms with Crippen LogP contribution in [0.3, 0.4) is 0 Å². The SMILES string of the molecule is CC(=O)Nc1ccc(O)cc1.COc1ccc2c(c1)[C@]13CCCC[C@@H]1[C@H](C2)N(C)CC3.COc1ccc2c3c1O[C@H]1[C@@H](O)C=C[C@H]4[C@@H](C2)N(C)CC[C@@]341.O=P(O)(O)O. The minimum atomic E-state index is -4.64. The first kappa shape index (κ1) is 42.2. The van der Waals surface area contributed by atoms with Crippen LogP contribution in [-0.4, -0.2) is 106 Å². The van der Waals surface area contributed by atoms with Crippen LogP contribution < -0.4 is 19.5 Å². The highest BCUT2D eigenvalue weighted by atomic mass is 31.2. The summed E-state index contributed by atoms with van der Waals surface area (Å²) >= 11 is 0. The second-order valence-corrected chi connectivity index (χ2v) is 17.9. The minimum Gasteiger partial charge on any atom is -0.508 e. The Hall–Kier alpha value is -3.94. The zero-order valence-corrected chi connectivity index (χ0v) is 34.9. The van der Waals surface area contributed by atoms with Crippen LogP contribution >= 0.6 is 7.82 Å². The lowest BCUT2D eigenvalue weighted by molar-refractivity contribution is -0.114. The van der Waals surface area contributed by atoms with E-state index in [9.17, 15) is 9.90 Å². The predicted molar refractivity (Wildman–Crippen MR) is 221 cm³/mol. The number of phosphoric acid groups is 1. The van der Waals surface area contributed by atoms with Crippen LogP contribution in [0.2, 0.25) is 0 Å². The fraction of sp³-hybridized carbons (Fsp3) is 0.523. The zero-order chi connectivity index (χ0) is 41.6. The van der Waals surface area contributed by atoms with Crippen molar-refractivity contribution in [2.24, 2.45) is 11.8 Å². The highest BCUT2D eigenvalue weighted by molar-refractivity contribution is 7.45. The van der Waals surface area contributed by atoms with Gasteiger partial charge in [-0.05, 0) is 131 Å². The molecule has 4 aliphatic carbocycles. The lowest BCUT2D eigenvalue weighted by Gasteiger charge is -2.58. The Morgan fingerprint density at radius 1 is 0.879 bits per heavy atom. The fourth-order valence-corrected chi connectivity index (χ4v) is 11.4. The number of amides is 1. The number of piperidine rings is 2. The molecule has 3 heterocycles. The molecule has 1 saturated carbocycles. The van der Waals surface area contributed by atoms with E-state index in [2.05, 4.69) is 59.6 Å². The number of phenols is 1. The van der Waals surface area contributed by atoms with Crippen molar-refractivity contribution >= 4 is 19.4 Å². The number of carbonyl (C=O) groups is 1. The maximum atomic E-state index is 10.6. The van der Waals surface area contributed by atoms with Crippen molar-refractivity contribution < 1.29 is 48.5 Å². The number of hydrogen-bond acceptors (Lipinski definition) is 9. The average Bonchev–Trinajstić information content (AvgIpc) is 3.55. The third-order valence-corrected chi connectivity index (χ3v) is 13.9. The maximum Gasteiger partial charge on any atom is 0.466 e. The minimum absolute atomic E-state index is 0.0806. The molecule has 3 fully saturated rings. The number of nitrogens with one attached hydrogen (secondary N) is 1. The normalized spacial score (nSPS) is 30.8.